The second kappa shape index (κ2) is 12.9. The highest BCUT2D eigenvalue weighted by Crippen LogP contribution is 2.46. The average Bonchev–Trinajstić information content (AvgIpc) is 3.85. The van der Waals surface area contributed by atoms with Gasteiger partial charge in [-0.3, -0.25) is 14.6 Å². The Balaban J connectivity index is 1.41. The minimum Gasteiger partial charge on any atom is -0.369 e. The average molecular weight is 566 g/mol. The lowest BCUT2D eigenvalue weighted by atomic mass is 9.84. The van der Waals surface area contributed by atoms with Crippen LogP contribution in [0.15, 0.2) is 88.9 Å². The van der Waals surface area contributed by atoms with Gasteiger partial charge in [0.2, 0.25) is 5.91 Å². The zero-order valence-electron chi connectivity index (χ0n) is 25.4. The van der Waals surface area contributed by atoms with Crippen molar-refractivity contribution in [3.63, 3.8) is 0 Å². The number of rotatable bonds is 10. The van der Waals surface area contributed by atoms with E-state index in [9.17, 15) is 4.79 Å². The molecule has 3 N–H and O–H groups in total. The number of carbonyl (C=O) groups excluding carboxylic acids is 1. The fourth-order valence-electron chi connectivity index (χ4n) is 7.09. The third-order valence-corrected chi connectivity index (χ3v) is 9.47. The molecule has 0 aromatic heterocycles. The highest BCUT2D eigenvalue weighted by Gasteiger charge is 2.42. The van der Waals surface area contributed by atoms with Crippen LogP contribution in [0.5, 0.6) is 0 Å². The SMILES string of the molecule is CCC/C=C1\C(C2CN2)=C2CCN(CCCc3ccccc3)CC2=C(N2CCC(C(N)=O)CC2)N1c1ccccc1C. The van der Waals surface area contributed by atoms with E-state index in [2.05, 4.69) is 94.5 Å². The zero-order chi connectivity index (χ0) is 29.1. The molecule has 6 heteroatoms. The first-order valence-electron chi connectivity index (χ1n) is 16.1. The number of hydrogen-bond acceptors (Lipinski definition) is 5. The van der Waals surface area contributed by atoms with Crippen molar-refractivity contribution in [3.05, 3.63) is 100 Å². The number of anilines is 1. The quantitative estimate of drug-likeness (QED) is 0.372. The van der Waals surface area contributed by atoms with E-state index in [1.54, 1.807) is 5.57 Å². The molecule has 0 aliphatic carbocycles. The summed E-state index contributed by atoms with van der Waals surface area (Å²) in [5.41, 5.74) is 15.7. The highest BCUT2D eigenvalue weighted by molar-refractivity contribution is 5.77. The first kappa shape index (κ1) is 28.8. The number of unbranched alkanes of at least 4 members (excludes halogenated alkanes) is 1. The van der Waals surface area contributed by atoms with Crippen LogP contribution in [0.1, 0.15) is 56.6 Å². The number of nitrogens with zero attached hydrogens (tertiary/aromatic N) is 3. The summed E-state index contributed by atoms with van der Waals surface area (Å²) < 4.78 is 0. The lowest BCUT2D eigenvalue weighted by molar-refractivity contribution is -0.123. The van der Waals surface area contributed by atoms with E-state index < -0.39 is 0 Å². The molecule has 1 unspecified atom stereocenters. The molecule has 0 saturated carbocycles. The number of fused-ring (bicyclic) bond motifs is 1. The molecule has 2 aromatic carbocycles. The molecule has 0 bridgehead atoms. The summed E-state index contributed by atoms with van der Waals surface area (Å²) in [5, 5.41) is 3.68. The Kier molecular flexibility index (Phi) is 8.82. The minimum absolute atomic E-state index is 0.0282. The second-order valence-electron chi connectivity index (χ2n) is 12.4. The van der Waals surface area contributed by atoms with Gasteiger partial charge in [0.15, 0.2) is 0 Å². The Labute approximate surface area is 251 Å². The van der Waals surface area contributed by atoms with Crippen LogP contribution in [0.4, 0.5) is 5.69 Å². The maximum Gasteiger partial charge on any atom is 0.220 e. The number of hydrogen-bond donors (Lipinski definition) is 2. The van der Waals surface area contributed by atoms with Crippen molar-refractivity contribution < 1.29 is 4.79 Å². The number of amides is 1. The molecule has 3 fully saturated rings. The molecule has 42 heavy (non-hydrogen) atoms. The van der Waals surface area contributed by atoms with Crippen LogP contribution in [-0.4, -0.2) is 61.0 Å². The molecule has 222 valence electrons. The van der Waals surface area contributed by atoms with Gasteiger partial charge in [-0.25, -0.2) is 0 Å². The molecule has 4 aliphatic rings. The normalized spacial score (nSPS) is 22.6. The summed E-state index contributed by atoms with van der Waals surface area (Å²) >= 11 is 0. The number of carbonyl (C=O) groups is 1. The summed E-state index contributed by atoms with van der Waals surface area (Å²) in [5.74, 6) is 1.15. The first-order chi connectivity index (χ1) is 20.5. The van der Waals surface area contributed by atoms with E-state index in [0.717, 1.165) is 84.2 Å². The lowest BCUT2D eigenvalue weighted by Gasteiger charge is -2.48. The van der Waals surface area contributed by atoms with E-state index >= 15 is 0 Å². The van der Waals surface area contributed by atoms with Gasteiger partial charge in [0.1, 0.15) is 5.82 Å². The fourth-order valence-corrected chi connectivity index (χ4v) is 7.09. The lowest BCUT2D eigenvalue weighted by Crippen LogP contribution is -2.48. The van der Waals surface area contributed by atoms with E-state index in [4.69, 9.17) is 5.73 Å². The minimum atomic E-state index is -0.153. The Hall–Kier alpha value is -3.35. The molecule has 6 nitrogen and oxygen atoms in total. The molecule has 0 radical (unpaired) electrons. The fraction of sp³-hybridized carbons (Fsp3) is 0.472. The second-order valence-corrected chi connectivity index (χ2v) is 12.4. The van der Waals surface area contributed by atoms with Crippen LogP contribution in [0.2, 0.25) is 0 Å². The number of primary amides is 1. The van der Waals surface area contributed by atoms with Gasteiger partial charge in [-0.2, -0.15) is 0 Å². The van der Waals surface area contributed by atoms with Gasteiger partial charge in [-0.15, -0.1) is 0 Å². The maximum atomic E-state index is 12.1. The number of aryl methyl sites for hydroxylation is 2. The van der Waals surface area contributed by atoms with Crippen molar-refractivity contribution in [2.24, 2.45) is 11.7 Å². The van der Waals surface area contributed by atoms with Gasteiger partial charge in [0, 0.05) is 56.0 Å². The number of benzene rings is 2. The van der Waals surface area contributed by atoms with Crippen molar-refractivity contribution in [2.45, 2.75) is 64.8 Å². The third-order valence-electron chi connectivity index (χ3n) is 9.47. The van der Waals surface area contributed by atoms with E-state index in [1.165, 1.54) is 39.5 Å². The van der Waals surface area contributed by atoms with Crippen molar-refractivity contribution >= 4 is 11.6 Å². The monoisotopic (exact) mass is 565 g/mol. The number of nitrogens with one attached hydrogen (secondary N) is 1. The summed E-state index contributed by atoms with van der Waals surface area (Å²) in [6.07, 6.45) is 9.67. The molecule has 1 atom stereocenters. The number of para-hydroxylation sites is 1. The van der Waals surface area contributed by atoms with Crippen LogP contribution >= 0.6 is 0 Å². The van der Waals surface area contributed by atoms with Gasteiger partial charge in [0.05, 0.1) is 5.69 Å². The topological polar surface area (TPSA) is 74.7 Å². The zero-order valence-corrected chi connectivity index (χ0v) is 25.4. The van der Waals surface area contributed by atoms with Crippen molar-refractivity contribution in [1.29, 1.82) is 0 Å². The Morgan fingerprint density at radius 1 is 1.02 bits per heavy atom. The standard InChI is InChI=1S/C36H47N5O/c1-3-4-15-33-34(31-24-38-31)29-19-21-39(20-10-14-27-12-6-5-7-13-27)25-30(29)36(40-22-17-28(18-23-40)35(37)42)41(33)32-16-9-8-11-26(32)2/h5-9,11-13,15-16,28,31,38H,3-4,10,14,17-25H2,1-2H3,(H2,37,42)/b33-15+. The maximum absolute atomic E-state index is 12.1. The van der Waals surface area contributed by atoms with Crippen molar-refractivity contribution in [1.82, 2.24) is 15.1 Å². The van der Waals surface area contributed by atoms with E-state index in [0.29, 0.717) is 6.04 Å². The van der Waals surface area contributed by atoms with Crippen LogP contribution in [-0.2, 0) is 11.2 Å². The summed E-state index contributed by atoms with van der Waals surface area (Å²) in [6.45, 7) is 10.4. The number of piperidine rings is 2. The van der Waals surface area contributed by atoms with Gasteiger partial charge < -0.3 is 16.0 Å². The number of likely N-dealkylation sites (tertiary alicyclic amines) is 2. The Morgan fingerprint density at radius 2 is 1.76 bits per heavy atom. The van der Waals surface area contributed by atoms with Crippen LogP contribution < -0.4 is 16.0 Å². The van der Waals surface area contributed by atoms with Gasteiger partial charge in [-0.05, 0) is 80.3 Å². The summed E-state index contributed by atoms with van der Waals surface area (Å²) in [7, 11) is 0. The Morgan fingerprint density at radius 3 is 2.45 bits per heavy atom. The first-order valence-corrected chi connectivity index (χ1v) is 16.1. The van der Waals surface area contributed by atoms with Crippen molar-refractivity contribution in [3.8, 4) is 0 Å². The summed E-state index contributed by atoms with van der Waals surface area (Å²) in [4.78, 5) is 19.9. The number of allylic oxidation sites excluding steroid dienone is 1. The molecule has 3 saturated heterocycles. The van der Waals surface area contributed by atoms with Gasteiger partial charge in [0.25, 0.3) is 0 Å². The Bertz CT molecular complexity index is 1360. The highest BCUT2D eigenvalue weighted by atomic mass is 16.1. The van der Waals surface area contributed by atoms with Crippen LogP contribution in [0.25, 0.3) is 0 Å². The van der Waals surface area contributed by atoms with Crippen LogP contribution in [0, 0.1) is 12.8 Å². The molecule has 1 amide bonds. The van der Waals surface area contributed by atoms with Crippen molar-refractivity contribution in [2.75, 3.05) is 44.2 Å². The molecule has 4 heterocycles. The third kappa shape index (κ3) is 6.06. The summed E-state index contributed by atoms with van der Waals surface area (Å²) in [6, 6.07) is 20.1. The predicted octanol–water partition coefficient (Wildman–Crippen LogP) is 5.51. The van der Waals surface area contributed by atoms with Gasteiger partial charge >= 0.3 is 0 Å². The molecular formula is C36H47N5O. The molecule has 2 aromatic rings. The predicted molar refractivity (Wildman–Crippen MR) is 172 cm³/mol. The van der Waals surface area contributed by atoms with E-state index in [-0.39, 0.29) is 11.8 Å². The van der Waals surface area contributed by atoms with Crippen LogP contribution in [0.3, 0.4) is 0 Å². The molecular weight excluding hydrogens is 518 g/mol. The largest absolute Gasteiger partial charge is 0.369 e. The number of nitrogens with two attached hydrogens (primary N) is 1. The smallest absolute Gasteiger partial charge is 0.220 e. The molecule has 6 rings (SSSR count). The molecule has 0 spiro atoms. The van der Waals surface area contributed by atoms with Gasteiger partial charge in [-0.1, -0.05) is 68.0 Å². The van der Waals surface area contributed by atoms with E-state index in [1.807, 2.05) is 0 Å². The molecule has 4 aliphatic heterocycles.